The monoisotopic (exact) mass is 263 g/mol. The first kappa shape index (κ1) is 16.2. The predicted octanol–water partition coefficient (Wildman–Crippen LogP) is 4.10. The Labute approximate surface area is 118 Å². The van der Waals surface area contributed by atoms with Crippen LogP contribution in [-0.4, -0.2) is 18.7 Å². The third-order valence-corrected chi connectivity index (χ3v) is 3.48. The Morgan fingerprint density at radius 1 is 1.00 bits per heavy atom. The van der Waals surface area contributed by atoms with Gasteiger partial charge in [0.1, 0.15) is 0 Å². The highest BCUT2D eigenvalue weighted by molar-refractivity contribution is 5.23. The molecule has 0 aliphatic heterocycles. The van der Waals surface area contributed by atoms with Crippen molar-refractivity contribution >= 4 is 0 Å². The molecule has 0 saturated heterocycles. The molecule has 0 spiro atoms. The van der Waals surface area contributed by atoms with Crippen molar-refractivity contribution in [2.75, 3.05) is 6.54 Å². The molecule has 1 aromatic rings. The number of benzene rings is 1. The van der Waals surface area contributed by atoms with Crippen LogP contribution in [0.3, 0.4) is 0 Å². The summed E-state index contributed by atoms with van der Waals surface area (Å²) in [5.41, 5.74) is 2.54. The van der Waals surface area contributed by atoms with E-state index in [0.717, 1.165) is 6.54 Å². The number of rotatable bonds is 7. The molecule has 108 valence electrons. The second-order valence-corrected chi connectivity index (χ2v) is 6.05. The van der Waals surface area contributed by atoms with Crippen molar-refractivity contribution in [2.24, 2.45) is 5.92 Å². The van der Waals surface area contributed by atoms with Crippen LogP contribution >= 0.6 is 0 Å². The first-order valence-electron chi connectivity index (χ1n) is 7.35. The molecule has 1 aromatic carbocycles. The molecule has 0 bridgehead atoms. The molecule has 0 amide bonds. The zero-order valence-electron chi connectivity index (χ0n) is 13.2. The Morgan fingerprint density at radius 2 is 1.58 bits per heavy atom. The van der Waals surface area contributed by atoms with Gasteiger partial charge in [0.05, 0.1) is 12.2 Å². The molecular formula is C17H29NO. The third kappa shape index (κ3) is 5.75. The van der Waals surface area contributed by atoms with E-state index < -0.39 is 0 Å². The summed E-state index contributed by atoms with van der Waals surface area (Å²) in [6.45, 7) is 13.9. The second-order valence-electron chi connectivity index (χ2n) is 6.05. The van der Waals surface area contributed by atoms with Crippen LogP contribution in [-0.2, 0) is 4.74 Å². The van der Waals surface area contributed by atoms with Crippen molar-refractivity contribution in [1.82, 2.24) is 5.32 Å². The Bertz CT molecular complexity index is 356. The summed E-state index contributed by atoms with van der Waals surface area (Å²) < 4.78 is 6.23. The summed E-state index contributed by atoms with van der Waals surface area (Å²) >= 11 is 0. The average molecular weight is 263 g/mol. The van der Waals surface area contributed by atoms with E-state index in [-0.39, 0.29) is 12.2 Å². The molecule has 0 fully saturated rings. The van der Waals surface area contributed by atoms with Gasteiger partial charge < -0.3 is 10.1 Å². The molecule has 2 unspecified atom stereocenters. The second kappa shape index (κ2) is 7.66. The van der Waals surface area contributed by atoms with Crippen molar-refractivity contribution in [3.63, 3.8) is 0 Å². The average Bonchev–Trinajstić information content (AvgIpc) is 2.35. The molecule has 0 aliphatic carbocycles. The van der Waals surface area contributed by atoms with Crippen LogP contribution in [0.4, 0.5) is 0 Å². The molecule has 1 rings (SSSR count). The van der Waals surface area contributed by atoms with Crippen molar-refractivity contribution in [1.29, 1.82) is 0 Å². The van der Waals surface area contributed by atoms with E-state index in [1.54, 1.807) is 0 Å². The fourth-order valence-electron chi connectivity index (χ4n) is 1.78. The van der Waals surface area contributed by atoms with Gasteiger partial charge in [0.2, 0.25) is 0 Å². The molecule has 2 atom stereocenters. The van der Waals surface area contributed by atoms with Crippen LogP contribution in [0.1, 0.15) is 51.8 Å². The fourth-order valence-corrected chi connectivity index (χ4v) is 1.78. The van der Waals surface area contributed by atoms with Gasteiger partial charge in [-0.2, -0.15) is 0 Å². The highest BCUT2D eigenvalue weighted by Gasteiger charge is 2.17. The first-order chi connectivity index (χ1) is 8.90. The number of nitrogens with one attached hydrogen (secondary N) is 1. The normalized spacial score (nSPS) is 14.9. The number of aryl methyl sites for hydroxylation is 1. The molecule has 1 N–H and O–H groups in total. The van der Waals surface area contributed by atoms with Crippen LogP contribution in [0.25, 0.3) is 0 Å². The lowest BCUT2D eigenvalue weighted by Crippen LogP contribution is -2.31. The maximum absolute atomic E-state index is 6.23. The summed E-state index contributed by atoms with van der Waals surface area (Å²) in [6, 6.07) is 9.14. The van der Waals surface area contributed by atoms with E-state index in [1.807, 2.05) is 0 Å². The molecule has 0 saturated carbocycles. The SMILES string of the molecule is Cc1ccc(C(CNC(C)C)OC(C)C(C)C)cc1. The van der Waals surface area contributed by atoms with E-state index in [9.17, 15) is 0 Å². The maximum Gasteiger partial charge on any atom is 0.0953 e. The minimum Gasteiger partial charge on any atom is -0.369 e. The minimum absolute atomic E-state index is 0.125. The number of hydrogen-bond donors (Lipinski definition) is 1. The van der Waals surface area contributed by atoms with Gasteiger partial charge in [-0.1, -0.05) is 57.5 Å². The first-order valence-corrected chi connectivity index (χ1v) is 7.35. The topological polar surface area (TPSA) is 21.3 Å². The lowest BCUT2D eigenvalue weighted by Gasteiger charge is -2.26. The summed E-state index contributed by atoms with van der Waals surface area (Å²) in [5.74, 6) is 0.534. The van der Waals surface area contributed by atoms with Crippen LogP contribution in [0, 0.1) is 12.8 Å². The van der Waals surface area contributed by atoms with Crippen molar-refractivity contribution in [2.45, 2.75) is 59.8 Å². The summed E-state index contributed by atoms with van der Waals surface area (Å²) in [4.78, 5) is 0. The molecule has 0 radical (unpaired) electrons. The third-order valence-electron chi connectivity index (χ3n) is 3.48. The van der Waals surface area contributed by atoms with Gasteiger partial charge in [-0.15, -0.1) is 0 Å². The predicted molar refractivity (Wildman–Crippen MR) is 82.4 cm³/mol. The lowest BCUT2D eigenvalue weighted by atomic mass is 10.1. The smallest absolute Gasteiger partial charge is 0.0953 e. The number of hydrogen-bond acceptors (Lipinski definition) is 2. The molecule has 2 nitrogen and oxygen atoms in total. The Kier molecular flexibility index (Phi) is 6.53. The van der Waals surface area contributed by atoms with Crippen LogP contribution in [0.5, 0.6) is 0 Å². The van der Waals surface area contributed by atoms with Gasteiger partial charge >= 0.3 is 0 Å². The van der Waals surface area contributed by atoms with E-state index in [2.05, 4.69) is 71.1 Å². The molecular weight excluding hydrogens is 234 g/mol. The fraction of sp³-hybridized carbons (Fsp3) is 0.647. The molecule has 0 aliphatic rings. The van der Waals surface area contributed by atoms with Gasteiger partial charge in [-0.3, -0.25) is 0 Å². The Morgan fingerprint density at radius 3 is 2.05 bits per heavy atom. The lowest BCUT2D eigenvalue weighted by molar-refractivity contribution is -0.0266. The molecule has 19 heavy (non-hydrogen) atoms. The van der Waals surface area contributed by atoms with E-state index >= 15 is 0 Å². The maximum atomic E-state index is 6.23. The van der Waals surface area contributed by atoms with Gasteiger partial charge in [0.25, 0.3) is 0 Å². The Balaban J connectivity index is 2.76. The zero-order chi connectivity index (χ0) is 14.4. The molecule has 0 aromatic heterocycles. The minimum atomic E-state index is 0.125. The Hall–Kier alpha value is -0.860. The van der Waals surface area contributed by atoms with Crippen LogP contribution < -0.4 is 5.32 Å². The van der Waals surface area contributed by atoms with Gasteiger partial charge in [-0.05, 0) is 25.3 Å². The van der Waals surface area contributed by atoms with E-state index in [1.165, 1.54) is 11.1 Å². The van der Waals surface area contributed by atoms with Crippen molar-refractivity contribution in [3.05, 3.63) is 35.4 Å². The summed E-state index contributed by atoms with van der Waals surface area (Å²) in [6.07, 6.45) is 0.390. The van der Waals surface area contributed by atoms with Gasteiger partial charge in [0.15, 0.2) is 0 Å². The standard InChI is InChI=1S/C17H29NO/c1-12(2)15(6)19-17(11-18-13(3)4)16-9-7-14(5)8-10-16/h7-10,12-13,15,17-18H,11H2,1-6H3. The summed E-state index contributed by atoms with van der Waals surface area (Å²) in [5, 5.41) is 3.48. The zero-order valence-corrected chi connectivity index (χ0v) is 13.2. The molecule has 2 heteroatoms. The number of ether oxygens (including phenoxy) is 1. The van der Waals surface area contributed by atoms with Gasteiger partial charge in [0, 0.05) is 12.6 Å². The van der Waals surface area contributed by atoms with E-state index in [4.69, 9.17) is 4.74 Å². The van der Waals surface area contributed by atoms with Crippen LogP contribution in [0.15, 0.2) is 24.3 Å². The van der Waals surface area contributed by atoms with Gasteiger partial charge in [-0.25, -0.2) is 0 Å². The van der Waals surface area contributed by atoms with E-state index in [0.29, 0.717) is 12.0 Å². The molecule has 0 heterocycles. The largest absolute Gasteiger partial charge is 0.369 e. The summed E-state index contributed by atoms with van der Waals surface area (Å²) in [7, 11) is 0. The quantitative estimate of drug-likeness (QED) is 0.800. The highest BCUT2D eigenvalue weighted by Crippen LogP contribution is 2.22. The van der Waals surface area contributed by atoms with Crippen molar-refractivity contribution < 1.29 is 4.74 Å². The van der Waals surface area contributed by atoms with Crippen molar-refractivity contribution in [3.8, 4) is 0 Å². The van der Waals surface area contributed by atoms with Crippen LogP contribution in [0.2, 0.25) is 0 Å². The highest BCUT2D eigenvalue weighted by atomic mass is 16.5.